The molecule has 0 bridgehead atoms. The Morgan fingerprint density at radius 3 is 2.53 bits per heavy atom. The number of halogens is 3. The third kappa shape index (κ3) is 3.91. The molecule has 1 aromatic carbocycles. The number of benzene rings is 1. The lowest BCUT2D eigenvalue weighted by Crippen LogP contribution is -2.17. The Labute approximate surface area is 105 Å². The smallest absolute Gasteiger partial charge is 0.330 e. The Kier molecular flexibility index (Phi) is 4.43. The average molecular weight is 277 g/mol. The monoisotopic (exact) mass is 277 g/mol. The van der Waals surface area contributed by atoms with E-state index in [1.54, 1.807) is 0 Å². The second kappa shape index (κ2) is 5.65. The fourth-order valence-electron chi connectivity index (χ4n) is 1.35. The molecular formula is C10H10F3N3O3. The van der Waals surface area contributed by atoms with Crippen molar-refractivity contribution in [3.63, 3.8) is 0 Å². The van der Waals surface area contributed by atoms with E-state index in [1.807, 2.05) is 0 Å². The number of nitrogens with two attached hydrogens (primary N) is 1. The van der Waals surface area contributed by atoms with Gasteiger partial charge in [0.25, 0.3) is 5.69 Å². The predicted molar refractivity (Wildman–Crippen MR) is 60.4 cm³/mol. The number of nitrogens with one attached hydrogen (secondary N) is 1. The van der Waals surface area contributed by atoms with Crippen molar-refractivity contribution < 1.29 is 22.9 Å². The molecule has 1 amide bonds. The van der Waals surface area contributed by atoms with Crippen LogP contribution in [0.2, 0.25) is 0 Å². The van der Waals surface area contributed by atoms with Crippen LogP contribution in [-0.2, 0) is 11.0 Å². The van der Waals surface area contributed by atoms with Crippen molar-refractivity contribution in [2.45, 2.75) is 12.6 Å². The Hall–Kier alpha value is -2.16. The first kappa shape index (κ1) is 14.9. The van der Waals surface area contributed by atoms with Crippen LogP contribution in [0.15, 0.2) is 18.2 Å². The SMILES string of the molecule is NCCC(=O)Nc1ccc([N+](=O)[O-])c(C(F)(F)F)c1. The van der Waals surface area contributed by atoms with Gasteiger partial charge < -0.3 is 11.1 Å². The zero-order valence-corrected chi connectivity index (χ0v) is 9.53. The number of carbonyl (C=O) groups excluding carboxylic acids is 1. The van der Waals surface area contributed by atoms with Crippen molar-refractivity contribution in [3.05, 3.63) is 33.9 Å². The first-order chi connectivity index (χ1) is 8.75. The van der Waals surface area contributed by atoms with E-state index in [9.17, 15) is 28.1 Å². The van der Waals surface area contributed by atoms with Crippen molar-refractivity contribution in [1.82, 2.24) is 0 Å². The van der Waals surface area contributed by atoms with Gasteiger partial charge in [0.15, 0.2) is 0 Å². The minimum Gasteiger partial charge on any atom is -0.330 e. The van der Waals surface area contributed by atoms with Gasteiger partial charge in [-0.15, -0.1) is 0 Å². The highest BCUT2D eigenvalue weighted by Gasteiger charge is 2.38. The van der Waals surface area contributed by atoms with Gasteiger partial charge in [0.2, 0.25) is 5.91 Å². The van der Waals surface area contributed by atoms with Gasteiger partial charge in [-0.3, -0.25) is 14.9 Å². The lowest BCUT2D eigenvalue weighted by atomic mass is 10.1. The molecule has 0 aromatic heterocycles. The predicted octanol–water partition coefficient (Wildman–Crippen LogP) is 1.90. The minimum atomic E-state index is -4.88. The fourth-order valence-corrected chi connectivity index (χ4v) is 1.35. The van der Waals surface area contributed by atoms with Crippen molar-refractivity contribution in [2.24, 2.45) is 5.73 Å². The summed E-state index contributed by atoms with van der Waals surface area (Å²) < 4.78 is 37.9. The van der Waals surface area contributed by atoms with Gasteiger partial charge in [-0.1, -0.05) is 0 Å². The number of nitrogens with zero attached hydrogens (tertiary/aromatic N) is 1. The van der Waals surface area contributed by atoms with E-state index >= 15 is 0 Å². The summed E-state index contributed by atoms with van der Waals surface area (Å²) >= 11 is 0. The molecule has 9 heteroatoms. The molecule has 0 saturated carbocycles. The first-order valence-corrected chi connectivity index (χ1v) is 5.11. The van der Waals surface area contributed by atoms with Crippen molar-refractivity contribution in [3.8, 4) is 0 Å². The zero-order chi connectivity index (χ0) is 14.6. The maximum absolute atomic E-state index is 12.6. The molecule has 0 aliphatic rings. The summed E-state index contributed by atoms with van der Waals surface area (Å²) in [5.74, 6) is -0.565. The molecule has 0 radical (unpaired) electrons. The molecule has 6 nitrogen and oxygen atoms in total. The number of rotatable bonds is 4. The van der Waals surface area contributed by atoms with Gasteiger partial charge in [-0.25, -0.2) is 0 Å². The number of hydrogen-bond donors (Lipinski definition) is 2. The second-order valence-electron chi connectivity index (χ2n) is 3.57. The number of nitro groups is 1. The molecule has 0 unspecified atom stereocenters. The molecule has 0 fully saturated rings. The van der Waals surface area contributed by atoms with Gasteiger partial charge in [0.05, 0.1) is 4.92 Å². The fraction of sp³-hybridized carbons (Fsp3) is 0.300. The largest absolute Gasteiger partial charge is 0.423 e. The van der Waals surface area contributed by atoms with Gasteiger partial charge in [-0.05, 0) is 12.1 Å². The van der Waals surface area contributed by atoms with Crippen molar-refractivity contribution in [1.29, 1.82) is 0 Å². The van der Waals surface area contributed by atoms with Gasteiger partial charge >= 0.3 is 6.18 Å². The van der Waals surface area contributed by atoms with Gasteiger partial charge in [-0.2, -0.15) is 13.2 Å². The van der Waals surface area contributed by atoms with Crippen molar-refractivity contribution in [2.75, 3.05) is 11.9 Å². The molecule has 0 aliphatic heterocycles. The van der Waals surface area contributed by atoms with E-state index < -0.39 is 28.3 Å². The molecular weight excluding hydrogens is 267 g/mol. The third-order valence-electron chi connectivity index (χ3n) is 2.15. The number of hydrogen-bond acceptors (Lipinski definition) is 4. The number of carbonyl (C=O) groups is 1. The highest BCUT2D eigenvalue weighted by Crippen LogP contribution is 2.37. The van der Waals surface area contributed by atoms with E-state index in [0.717, 1.165) is 6.07 Å². The molecule has 0 atom stereocenters. The van der Waals surface area contributed by atoms with Gasteiger partial charge in [0, 0.05) is 24.7 Å². The third-order valence-corrected chi connectivity index (χ3v) is 2.15. The second-order valence-corrected chi connectivity index (χ2v) is 3.57. The van der Waals surface area contributed by atoms with Crippen LogP contribution in [0.3, 0.4) is 0 Å². The summed E-state index contributed by atoms with van der Waals surface area (Å²) in [5, 5.41) is 12.7. The molecule has 0 spiro atoms. The molecule has 0 heterocycles. The van der Waals surface area contributed by atoms with Crippen LogP contribution in [-0.4, -0.2) is 17.4 Å². The zero-order valence-electron chi connectivity index (χ0n) is 9.53. The van der Waals surface area contributed by atoms with E-state index in [4.69, 9.17) is 5.73 Å². The quantitative estimate of drug-likeness (QED) is 0.648. The molecule has 104 valence electrons. The Morgan fingerprint density at radius 1 is 1.42 bits per heavy atom. The number of anilines is 1. The van der Waals surface area contributed by atoms with Crippen LogP contribution < -0.4 is 11.1 Å². The summed E-state index contributed by atoms with van der Waals surface area (Å²) in [6.45, 7) is 0.0466. The lowest BCUT2D eigenvalue weighted by Gasteiger charge is -2.10. The molecule has 0 aliphatic carbocycles. The first-order valence-electron chi connectivity index (χ1n) is 5.11. The lowest BCUT2D eigenvalue weighted by molar-refractivity contribution is -0.388. The van der Waals surface area contributed by atoms with Crippen molar-refractivity contribution >= 4 is 17.3 Å². The summed E-state index contributed by atoms with van der Waals surface area (Å²) in [4.78, 5) is 20.6. The molecule has 1 rings (SSSR count). The van der Waals surface area contributed by atoms with Crippen LogP contribution in [0.4, 0.5) is 24.5 Å². The van der Waals surface area contributed by atoms with Gasteiger partial charge in [0.1, 0.15) is 5.56 Å². The summed E-state index contributed by atoms with van der Waals surface area (Å²) in [6.07, 6.45) is -4.94. The van der Waals surface area contributed by atoms with Crippen LogP contribution in [0.5, 0.6) is 0 Å². The average Bonchev–Trinajstić information content (AvgIpc) is 2.27. The highest BCUT2D eigenvalue weighted by atomic mass is 19.4. The summed E-state index contributed by atoms with van der Waals surface area (Å²) in [7, 11) is 0. The number of nitro benzene ring substituents is 1. The molecule has 0 saturated heterocycles. The summed E-state index contributed by atoms with van der Waals surface area (Å²) in [6, 6.07) is 2.25. The van der Waals surface area contributed by atoms with E-state index in [-0.39, 0.29) is 18.7 Å². The minimum absolute atomic E-state index is 0.0466. The number of alkyl halides is 3. The van der Waals surface area contributed by atoms with Crippen LogP contribution in [0.1, 0.15) is 12.0 Å². The van der Waals surface area contributed by atoms with E-state index in [1.165, 1.54) is 0 Å². The number of amides is 1. The summed E-state index contributed by atoms with van der Waals surface area (Å²) in [5.41, 5.74) is 2.47. The highest BCUT2D eigenvalue weighted by molar-refractivity contribution is 5.91. The van der Waals surface area contributed by atoms with Crippen LogP contribution >= 0.6 is 0 Å². The molecule has 19 heavy (non-hydrogen) atoms. The molecule has 1 aromatic rings. The Balaban J connectivity index is 3.12. The maximum Gasteiger partial charge on any atom is 0.423 e. The topological polar surface area (TPSA) is 98.3 Å². The van der Waals surface area contributed by atoms with Crippen LogP contribution in [0, 0.1) is 10.1 Å². The normalized spacial score (nSPS) is 11.2. The van der Waals surface area contributed by atoms with Crippen LogP contribution in [0.25, 0.3) is 0 Å². The van der Waals surface area contributed by atoms with E-state index in [2.05, 4.69) is 5.32 Å². The maximum atomic E-state index is 12.6. The molecule has 3 N–H and O–H groups in total. The Bertz CT molecular complexity index is 503. The Morgan fingerprint density at radius 2 is 2.05 bits per heavy atom. The van der Waals surface area contributed by atoms with E-state index in [0.29, 0.717) is 12.1 Å². The standard InChI is InChI=1S/C10H10F3N3O3/c11-10(12,13)7-5-6(15-9(17)3-4-14)1-2-8(7)16(18)19/h1-2,5H,3-4,14H2,(H,15,17).